The summed E-state index contributed by atoms with van der Waals surface area (Å²) in [5.41, 5.74) is 3.95. The van der Waals surface area contributed by atoms with E-state index in [0.717, 1.165) is 12.1 Å². The molecule has 0 unspecified atom stereocenters. The molecule has 2 aliphatic rings. The molecular weight excluding hydrogens is 378 g/mol. The molecule has 1 N–H and O–H groups in total. The average Bonchev–Trinajstić information content (AvgIpc) is 2.78. The third-order valence-electron chi connectivity index (χ3n) is 5.47. The van der Waals surface area contributed by atoms with Crippen LogP contribution in [-0.2, 0) is 29.1 Å². The number of fused-ring (bicyclic) bond motifs is 1. The Kier molecular flexibility index (Phi) is 7.85. The Morgan fingerprint density at radius 1 is 0.933 bits per heavy atom. The van der Waals surface area contributed by atoms with Crippen LogP contribution in [0.25, 0.3) is 0 Å². The molecule has 2 heterocycles. The quantitative estimate of drug-likeness (QED) is 0.827. The summed E-state index contributed by atoms with van der Waals surface area (Å²) in [5.74, 6) is 0.0531. The lowest BCUT2D eigenvalue weighted by atomic mass is 9.97. The molecule has 0 spiro atoms. The Labute approximate surface area is 178 Å². The summed E-state index contributed by atoms with van der Waals surface area (Å²) < 4.78 is 5.25. The van der Waals surface area contributed by atoms with E-state index in [2.05, 4.69) is 36.5 Å². The van der Waals surface area contributed by atoms with Crippen molar-refractivity contribution in [3.8, 4) is 0 Å². The Bertz CT molecular complexity index is 833. The van der Waals surface area contributed by atoms with Gasteiger partial charge in [0, 0.05) is 45.7 Å². The van der Waals surface area contributed by atoms with Gasteiger partial charge in [-0.3, -0.25) is 4.79 Å². The largest absolute Gasteiger partial charge is 0.445 e. The van der Waals surface area contributed by atoms with E-state index in [9.17, 15) is 9.59 Å². The molecule has 2 aromatic carbocycles. The van der Waals surface area contributed by atoms with Gasteiger partial charge in [-0.15, -0.1) is 0 Å². The number of hydrogen-bond acceptors (Lipinski definition) is 4. The molecule has 160 valence electrons. The molecule has 1 saturated heterocycles. The number of nitrogens with one attached hydrogen (secondary N) is 1. The molecule has 4 rings (SSSR count). The second kappa shape index (κ2) is 10.8. The van der Waals surface area contributed by atoms with Crippen LogP contribution < -0.4 is 5.32 Å². The number of ether oxygens (including phenoxy) is 1. The molecular formula is C24H31N3O3. The lowest BCUT2D eigenvalue weighted by molar-refractivity contribution is -0.130. The maximum Gasteiger partial charge on any atom is 0.410 e. The molecule has 0 radical (unpaired) electrons. The summed E-state index contributed by atoms with van der Waals surface area (Å²) >= 11 is 0. The Morgan fingerprint density at radius 3 is 2.20 bits per heavy atom. The van der Waals surface area contributed by atoms with E-state index in [4.69, 9.17) is 4.74 Å². The smallest absolute Gasteiger partial charge is 0.410 e. The Morgan fingerprint density at radius 2 is 1.53 bits per heavy atom. The van der Waals surface area contributed by atoms with Crippen LogP contribution in [0, 0.1) is 0 Å². The predicted molar refractivity (Wildman–Crippen MR) is 117 cm³/mol. The van der Waals surface area contributed by atoms with Crippen molar-refractivity contribution in [2.24, 2.45) is 0 Å². The van der Waals surface area contributed by atoms with Crippen molar-refractivity contribution in [1.82, 2.24) is 15.1 Å². The average molecular weight is 410 g/mol. The molecule has 1 atom stereocenters. The van der Waals surface area contributed by atoms with Crippen molar-refractivity contribution >= 4 is 12.0 Å². The first-order valence-electron chi connectivity index (χ1n) is 10.5. The van der Waals surface area contributed by atoms with Crippen LogP contribution in [0.1, 0.15) is 30.5 Å². The third kappa shape index (κ3) is 6.32. The molecule has 2 aliphatic heterocycles. The second-order valence-electron chi connectivity index (χ2n) is 7.79. The van der Waals surface area contributed by atoms with Crippen molar-refractivity contribution in [3.05, 3.63) is 71.3 Å². The van der Waals surface area contributed by atoms with Gasteiger partial charge in [0.2, 0.25) is 5.91 Å². The number of benzene rings is 2. The van der Waals surface area contributed by atoms with Gasteiger partial charge in [-0.05, 0) is 30.0 Å². The van der Waals surface area contributed by atoms with E-state index in [1.807, 2.05) is 30.3 Å². The topological polar surface area (TPSA) is 61.9 Å². The zero-order chi connectivity index (χ0) is 21.3. The number of rotatable bonds is 2. The Hall–Kier alpha value is -2.86. The minimum atomic E-state index is -0.313. The summed E-state index contributed by atoms with van der Waals surface area (Å²) in [6.07, 6.45) is 0.864. The molecule has 6 heteroatoms. The minimum Gasteiger partial charge on any atom is -0.445 e. The van der Waals surface area contributed by atoms with Crippen LogP contribution in [0.5, 0.6) is 0 Å². The monoisotopic (exact) mass is 409 g/mol. The normalized spacial score (nSPS) is 18.0. The highest BCUT2D eigenvalue weighted by molar-refractivity contribution is 5.74. The van der Waals surface area contributed by atoms with Crippen molar-refractivity contribution in [3.63, 3.8) is 0 Å². The van der Waals surface area contributed by atoms with Crippen molar-refractivity contribution in [2.45, 2.75) is 39.5 Å². The standard InChI is InChI=1S/C14H18N2O3.C10H13N/c1-12(17)15-7-9-16(10-8-15)14(18)19-11-13-5-3-2-4-6-13;1-8-6-9-4-2-3-5-10(9)7-11-8/h2-6H,7-11H2,1H3;2-5,8,11H,6-7H2,1H3/t;8-/m.1/s1. The van der Waals surface area contributed by atoms with Gasteiger partial charge in [0.25, 0.3) is 0 Å². The molecule has 0 aliphatic carbocycles. The van der Waals surface area contributed by atoms with Gasteiger partial charge in [-0.1, -0.05) is 54.6 Å². The van der Waals surface area contributed by atoms with Crippen LogP contribution in [0.4, 0.5) is 4.79 Å². The van der Waals surface area contributed by atoms with Gasteiger partial charge in [0.1, 0.15) is 6.61 Å². The third-order valence-corrected chi connectivity index (χ3v) is 5.47. The van der Waals surface area contributed by atoms with Gasteiger partial charge in [0.15, 0.2) is 0 Å². The molecule has 1 fully saturated rings. The molecule has 2 amide bonds. The van der Waals surface area contributed by atoms with Gasteiger partial charge < -0.3 is 19.9 Å². The van der Waals surface area contributed by atoms with Crippen LogP contribution in [0.2, 0.25) is 0 Å². The van der Waals surface area contributed by atoms with Crippen LogP contribution in [0.15, 0.2) is 54.6 Å². The lowest BCUT2D eigenvalue weighted by Crippen LogP contribution is -2.50. The first-order valence-corrected chi connectivity index (χ1v) is 10.5. The number of nitrogens with zero attached hydrogens (tertiary/aromatic N) is 2. The SMILES string of the molecule is CC(=O)N1CCN(C(=O)OCc2ccccc2)CC1.C[C@@H]1Cc2ccccc2CN1. The van der Waals surface area contributed by atoms with Gasteiger partial charge in [-0.25, -0.2) is 4.79 Å². The zero-order valence-electron chi connectivity index (χ0n) is 17.8. The molecule has 0 aromatic heterocycles. The summed E-state index contributed by atoms with van der Waals surface area (Å²) in [6.45, 7) is 7.33. The van der Waals surface area contributed by atoms with Crippen LogP contribution in [0.3, 0.4) is 0 Å². The molecule has 2 aromatic rings. The molecule has 6 nitrogen and oxygen atoms in total. The molecule has 0 saturated carbocycles. The summed E-state index contributed by atoms with van der Waals surface area (Å²) in [7, 11) is 0. The number of carbonyl (C=O) groups is 2. The molecule has 0 bridgehead atoms. The highest BCUT2D eigenvalue weighted by Crippen LogP contribution is 2.15. The van der Waals surface area contributed by atoms with E-state index in [-0.39, 0.29) is 18.6 Å². The van der Waals surface area contributed by atoms with E-state index < -0.39 is 0 Å². The highest BCUT2D eigenvalue weighted by atomic mass is 16.6. The summed E-state index contributed by atoms with van der Waals surface area (Å²) in [4.78, 5) is 26.4. The van der Waals surface area contributed by atoms with Crippen LogP contribution >= 0.6 is 0 Å². The summed E-state index contributed by atoms with van der Waals surface area (Å²) in [6, 6.07) is 18.9. The van der Waals surface area contributed by atoms with Crippen molar-refractivity contribution in [1.29, 1.82) is 0 Å². The first kappa shape index (κ1) is 21.8. The van der Waals surface area contributed by atoms with Crippen molar-refractivity contribution < 1.29 is 14.3 Å². The van der Waals surface area contributed by atoms with E-state index in [0.29, 0.717) is 32.2 Å². The second-order valence-corrected chi connectivity index (χ2v) is 7.79. The van der Waals surface area contributed by atoms with Gasteiger partial charge in [0.05, 0.1) is 0 Å². The van der Waals surface area contributed by atoms with E-state index in [1.165, 1.54) is 17.5 Å². The van der Waals surface area contributed by atoms with Gasteiger partial charge in [-0.2, -0.15) is 0 Å². The maximum absolute atomic E-state index is 11.8. The lowest BCUT2D eigenvalue weighted by Gasteiger charge is -2.33. The summed E-state index contributed by atoms with van der Waals surface area (Å²) in [5, 5.41) is 3.44. The first-order chi connectivity index (χ1) is 14.5. The number of piperazine rings is 1. The maximum atomic E-state index is 11.8. The fourth-order valence-electron chi connectivity index (χ4n) is 3.63. The molecule has 30 heavy (non-hydrogen) atoms. The number of hydrogen-bond donors (Lipinski definition) is 1. The van der Waals surface area contributed by atoms with Crippen LogP contribution in [-0.4, -0.2) is 54.0 Å². The number of carbonyl (C=O) groups excluding carboxylic acids is 2. The van der Waals surface area contributed by atoms with E-state index >= 15 is 0 Å². The predicted octanol–water partition coefficient (Wildman–Crippen LogP) is 3.21. The Balaban J connectivity index is 0.000000196. The van der Waals surface area contributed by atoms with E-state index in [1.54, 1.807) is 16.7 Å². The zero-order valence-corrected chi connectivity index (χ0v) is 17.8. The number of amides is 2. The fraction of sp³-hybridized carbons (Fsp3) is 0.417. The fourth-order valence-corrected chi connectivity index (χ4v) is 3.63. The minimum absolute atomic E-state index is 0.0531. The van der Waals surface area contributed by atoms with Crippen molar-refractivity contribution in [2.75, 3.05) is 26.2 Å². The highest BCUT2D eigenvalue weighted by Gasteiger charge is 2.23. The van der Waals surface area contributed by atoms with Gasteiger partial charge >= 0.3 is 6.09 Å².